The summed E-state index contributed by atoms with van der Waals surface area (Å²) in [6.07, 6.45) is 9.69. The molecule has 0 aliphatic heterocycles. The molecule has 0 saturated heterocycles. The molecule has 0 bridgehead atoms. The minimum Gasteiger partial charge on any atom is -0.343 e. The highest BCUT2D eigenvalue weighted by atomic mass is 35.5. The highest BCUT2D eigenvalue weighted by molar-refractivity contribution is 7.11. The highest BCUT2D eigenvalue weighted by Gasteiger charge is 2.29. The fourth-order valence-corrected chi connectivity index (χ4v) is 4.46. The summed E-state index contributed by atoms with van der Waals surface area (Å²) in [5, 5.41) is 9.14. The van der Waals surface area contributed by atoms with Crippen LogP contribution in [0.2, 0.25) is 5.02 Å². The molecule has 2 N–H and O–H groups in total. The standard InChI is InChI=1S/C21H22ClN5OS.ClH/c1-13-6-7-16(12-24-13)26-19-17(22)10-15(11-25-19)18(14-4-2-3-5-14)27-20(28)21-23-8-9-29-21;/h6-12,14,18H,2-5H2,1H3,(H,25,26)(H,27,28);1H/t18-;/m1./s1. The van der Waals surface area contributed by atoms with Crippen LogP contribution in [0.1, 0.15) is 52.8 Å². The summed E-state index contributed by atoms with van der Waals surface area (Å²) in [5.74, 6) is 0.787. The third kappa shape index (κ3) is 5.28. The van der Waals surface area contributed by atoms with Gasteiger partial charge in [0.15, 0.2) is 5.01 Å². The van der Waals surface area contributed by atoms with Crippen molar-refractivity contribution < 1.29 is 4.79 Å². The third-order valence-electron chi connectivity index (χ3n) is 5.18. The molecule has 0 spiro atoms. The SMILES string of the molecule is Cc1ccc(Nc2ncc([C@H](NC(=O)c3nccs3)C3CCCC3)cc2Cl)cn1.Cl. The number of aromatic nitrogens is 3. The van der Waals surface area contributed by atoms with E-state index in [-0.39, 0.29) is 24.4 Å². The van der Waals surface area contributed by atoms with Gasteiger partial charge >= 0.3 is 0 Å². The van der Waals surface area contributed by atoms with Crippen molar-refractivity contribution in [2.75, 3.05) is 5.32 Å². The zero-order valence-corrected chi connectivity index (χ0v) is 18.9. The molecule has 6 nitrogen and oxygen atoms in total. The summed E-state index contributed by atoms with van der Waals surface area (Å²) in [6, 6.07) is 5.62. The maximum Gasteiger partial charge on any atom is 0.280 e. The Hall–Kier alpha value is -2.22. The predicted octanol–water partition coefficient (Wildman–Crippen LogP) is 5.72. The Labute approximate surface area is 190 Å². The van der Waals surface area contributed by atoms with Gasteiger partial charge in [-0.15, -0.1) is 23.7 Å². The van der Waals surface area contributed by atoms with E-state index in [1.807, 2.05) is 25.1 Å². The molecule has 1 atom stereocenters. The van der Waals surface area contributed by atoms with E-state index < -0.39 is 0 Å². The zero-order valence-electron chi connectivity index (χ0n) is 16.5. The average molecular weight is 464 g/mol. The topological polar surface area (TPSA) is 79.8 Å². The monoisotopic (exact) mass is 463 g/mol. The first-order valence-electron chi connectivity index (χ1n) is 9.65. The molecule has 158 valence electrons. The highest BCUT2D eigenvalue weighted by Crippen LogP contribution is 2.37. The number of carbonyl (C=O) groups excluding carboxylic acids is 1. The van der Waals surface area contributed by atoms with E-state index >= 15 is 0 Å². The molecule has 1 aliphatic rings. The van der Waals surface area contributed by atoms with Crippen LogP contribution in [-0.4, -0.2) is 20.9 Å². The summed E-state index contributed by atoms with van der Waals surface area (Å²) in [4.78, 5) is 25.6. The van der Waals surface area contributed by atoms with Crippen LogP contribution in [0.5, 0.6) is 0 Å². The van der Waals surface area contributed by atoms with E-state index in [0.29, 0.717) is 21.8 Å². The van der Waals surface area contributed by atoms with E-state index in [1.54, 1.807) is 24.0 Å². The van der Waals surface area contributed by atoms with Gasteiger partial charge in [-0.3, -0.25) is 9.78 Å². The number of carbonyl (C=O) groups is 1. The first-order chi connectivity index (χ1) is 14.1. The molecule has 1 fully saturated rings. The summed E-state index contributed by atoms with van der Waals surface area (Å²) < 4.78 is 0. The molecule has 1 aliphatic carbocycles. The van der Waals surface area contributed by atoms with Crippen LogP contribution in [0, 0.1) is 12.8 Å². The van der Waals surface area contributed by atoms with Crippen molar-refractivity contribution >= 4 is 52.8 Å². The number of hydrogen-bond donors (Lipinski definition) is 2. The summed E-state index contributed by atoms with van der Waals surface area (Å²) in [6.45, 7) is 1.94. The number of thiazole rings is 1. The van der Waals surface area contributed by atoms with E-state index in [0.717, 1.165) is 29.8 Å². The van der Waals surface area contributed by atoms with Crippen LogP contribution in [0.3, 0.4) is 0 Å². The molecule has 4 rings (SSSR count). The molecule has 30 heavy (non-hydrogen) atoms. The lowest BCUT2D eigenvalue weighted by Crippen LogP contribution is -2.32. The van der Waals surface area contributed by atoms with Crippen LogP contribution in [-0.2, 0) is 0 Å². The smallest absolute Gasteiger partial charge is 0.280 e. The van der Waals surface area contributed by atoms with E-state index in [4.69, 9.17) is 11.6 Å². The predicted molar refractivity (Wildman–Crippen MR) is 123 cm³/mol. The number of anilines is 2. The summed E-state index contributed by atoms with van der Waals surface area (Å²) >= 11 is 7.87. The maximum atomic E-state index is 12.6. The van der Waals surface area contributed by atoms with Crippen molar-refractivity contribution in [2.45, 2.75) is 38.6 Å². The second-order valence-electron chi connectivity index (χ2n) is 7.25. The van der Waals surface area contributed by atoms with Gasteiger partial charge in [0.1, 0.15) is 5.82 Å². The quantitative estimate of drug-likeness (QED) is 0.488. The van der Waals surface area contributed by atoms with Crippen molar-refractivity contribution in [3.8, 4) is 0 Å². The molecule has 1 saturated carbocycles. The fraction of sp³-hybridized carbons (Fsp3) is 0.333. The van der Waals surface area contributed by atoms with Gasteiger partial charge in [-0.1, -0.05) is 24.4 Å². The summed E-state index contributed by atoms with van der Waals surface area (Å²) in [7, 11) is 0. The molecule has 0 aromatic carbocycles. The van der Waals surface area contributed by atoms with Gasteiger partial charge in [0.25, 0.3) is 5.91 Å². The van der Waals surface area contributed by atoms with Crippen LogP contribution in [0.4, 0.5) is 11.5 Å². The first kappa shape index (κ1) is 22.5. The van der Waals surface area contributed by atoms with Gasteiger partial charge in [0.2, 0.25) is 0 Å². The van der Waals surface area contributed by atoms with Crippen molar-refractivity contribution in [2.24, 2.45) is 5.92 Å². The maximum absolute atomic E-state index is 12.6. The first-order valence-corrected chi connectivity index (χ1v) is 10.9. The number of aryl methyl sites for hydroxylation is 1. The lowest BCUT2D eigenvalue weighted by atomic mass is 9.92. The molecular formula is C21H23Cl2N5OS. The summed E-state index contributed by atoms with van der Waals surface area (Å²) in [5.41, 5.74) is 2.68. The molecule has 0 unspecified atom stereocenters. The minimum atomic E-state index is -0.152. The second kappa shape index (κ2) is 10.2. The minimum absolute atomic E-state index is 0. The number of amides is 1. The lowest BCUT2D eigenvalue weighted by Gasteiger charge is -2.25. The average Bonchev–Trinajstić information content (AvgIpc) is 3.43. The number of halogens is 2. The van der Waals surface area contributed by atoms with Crippen LogP contribution in [0.25, 0.3) is 0 Å². The number of rotatable bonds is 6. The number of hydrogen-bond acceptors (Lipinski definition) is 6. The number of nitrogens with zero attached hydrogens (tertiary/aromatic N) is 3. The molecule has 1 amide bonds. The van der Waals surface area contributed by atoms with E-state index in [9.17, 15) is 4.79 Å². The van der Waals surface area contributed by atoms with Crippen LogP contribution >= 0.6 is 35.3 Å². The van der Waals surface area contributed by atoms with Crippen molar-refractivity contribution in [3.05, 3.63) is 63.5 Å². The van der Waals surface area contributed by atoms with Crippen LogP contribution in [0.15, 0.2) is 42.2 Å². The molecule has 3 aromatic heterocycles. The molecule has 3 aromatic rings. The third-order valence-corrected chi connectivity index (χ3v) is 6.24. The van der Waals surface area contributed by atoms with Gasteiger partial charge in [0, 0.05) is 23.5 Å². The second-order valence-corrected chi connectivity index (χ2v) is 8.55. The van der Waals surface area contributed by atoms with Crippen LogP contribution < -0.4 is 10.6 Å². The Morgan fingerprint density at radius 2 is 2.00 bits per heavy atom. The van der Waals surface area contributed by atoms with E-state index in [1.165, 1.54) is 24.2 Å². The van der Waals surface area contributed by atoms with E-state index in [2.05, 4.69) is 25.6 Å². The Balaban J connectivity index is 0.00000256. The largest absolute Gasteiger partial charge is 0.343 e. The van der Waals surface area contributed by atoms with Gasteiger partial charge in [-0.05, 0) is 49.4 Å². The van der Waals surface area contributed by atoms with Crippen molar-refractivity contribution in [3.63, 3.8) is 0 Å². The van der Waals surface area contributed by atoms with Crippen molar-refractivity contribution in [1.82, 2.24) is 20.3 Å². The normalized spacial score (nSPS) is 14.7. The fourth-order valence-electron chi connectivity index (χ4n) is 3.70. The molecular weight excluding hydrogens is 441 g/mol. The molecule has 9 heteroatoms. The molecule has 0 radical (unpaired) electrons. The number of nitrogens with one attached hydrogen (secondary N) is 2. The van der Waals surface area contributed by atoms with Gasteiger partial charge in [-0.2, -0.15) is 0 Å². The number of pyridine rings is 2. The van der Waals surface area contributed by atoms with Crippen molar-refractivity contribution in [1.29, 1.82) is 0 Å². The van der Waals surface area contributed by atoms with Gasteiger partial charge in [0.05, 0.1) is 22.9 Å². The zero-order chi connectivity index (χ0) is 20.2. The van der Waals surface area contributed by atoms with Gasteiger partial charge in [-0.25, -0.2) is 9.97 Å². The Bertz CT molecular complexity index is 976. The molecule has 3 heterocycles. The Morgan fingerprint density at radius 3 is 2.63 bits per heavy atom. The Kier molecular flexibility index (Phi) is 7.64. The Morgan fingerprint density at radius 1 is 1.20 bits per heavy atom. The lowest BCUT2D eigenvalue weighted by molar-refractivity contribution is 0.0921. The van der Waals surface area contributed by atoms with Gasteiger partial charge < -0.3 is 10.6 Å².